The highest BCUT2D eigenvalue weighted by atomic mass is 35.5. The normalized spacial score (nSPS) is 12.0. The van der Waals surface area contributed by atoms with E-state index in [1.165, 1.54) is 0 Å². The molecule has 112 valence electrons. The Morgan fingerprint density at radius 3 is 2.38 bits per heavy atom. The molecule has 1 aromatic heterocycles. The second-order valence-corrected chi connectivity index (χ2v) is 5.33. The average molecular weight is 327 g/mol. The van der Waals surface area contributed by atoms with Crippen molar-refractivity contribution in [2.45, 2.75) is 19.4 Å². The van der Waals surface area contributed by atoms with Crippen molar-refractivity contribution in [2.75, 3.05) is 19.1 Å². The molecule has 1 unspecified atom stereocenters. The summed E-state index contributed by atoms with van der Waals surface area (Å²) >= 11 is 11.6. The first-order chi connectivity index (χ1) is 10.0. The average Bonchev–Trinajstić information content (AvgIpc) is 2.46. The van der Waals surface area contributed by atoms with Crippen LogP contribution in [0, 0.1) is 0 Å². The van der Waals surface area contributed by atoms with E-state index in [0.29, 0.717) is 5.95 Å². The van der Waals surface area contributed by atoms with E-state index in [-0.39, 0.29) is 16.6 Å². The zero-order chi connectivity index (χ0) is 15.4. The minimum Gasteiger partial charge on any atom is -0.496 e. The standard InChI is InChI=1S/C14H16Cl2N4O/c1-9(8-10-6-4-5-7-11(10)21-3)20(2)14-18-12(15)17-13(16)19-14/h4-7,9H,8H2,1-3H3. The number of ether oxygens (including phenoxy) is 1. The Morgan fingerprint density at radius 1 is 1.14 bits per heavy atom. The summed E-state index contributed by atoms with van der Waals surface area (Å²) in [7, 11) is 3.56. The number of methoxy groups -OCH3 is 1. The van der Waals surface area contributed by atoms with E-state index < -0.39 is 0 Å². The number of para-hydroxylation sites is 1. The summed E-state index contributed by atoms with van der Waals surface area (Å²) in [5.41, 5.74) is 1.12. The highest BCUT2D eigenvalue weighted by Crippen LogP contribution is 2.22. The Bertz CT molecular complexity index is 603. The highest BCUT2D eigenvalue weighted by molar-refractivity contribution is 6.31. The maximum Gasteiger partial charge on any atom is 0.230 e. The SMILES string of the molecule is COc1ccccc1CC(C)N(C)c1nc(Cl)nc(Cl)n1. The molecule has 0 spiro atoms. The van der Waals surface area contributed by atoms with E-state index in [1.807, 2.05) is 36.2 Å². The van der Waals surface area contributed by atoms with Crippen LogP contribution in [0.3, 0.4) is 0 Å². The lowest BCUT2D eigenvalue weighted by Crippen LogP contribution is -2.32. The molecule has 0 bridgehead atoms. The number of rotatable bonds is 5. The van der Waals surface area contributed by atoms with Crippen LogP contribution in [-0.2, 0) is 6.42 Å². The number of anilines is 1. The van der Waals surface area contributed by atoms with Gasteiger partial charge in [-0.15, -0.1) is 0 Å². The molecule has 0 aliphatic rings. The Morgan fingerprint density at radius 2 is 1.76 bits per heavy atom. The fourth-order valence-electron chi connectivity index (χ4n) is 2.00. The minimum absolute atomic E-state index is 0.0846. The zero-order valence-electron chi connectivity index (χ0n) is 12.0. The molecule has 0 saturated carbocycles. The Labute approximate surface area is 133 Å². The third-order valence-corrected chi connectivity index (χ3v) is 3.59. The third-order valence-electron chi connectivity index (χ3n) is 3.25. The van der Waals surface area contributed by atoms with Gasteiger partial charge < -0.3 is 9.64 Å². The molecule has 0 aliphatic heterocycles. The molecule has 0 N–H and O–H groups in total. The molecule has 0 aliphatic carbocycles. The Kier molecular flexibility index (Phi) is 5.20. The second-order valence-electron chi connectivity index (χ2n) is 4.65. The summed E-state index contributed by atoms with van der Waals surface area (Å²) in [6.07, 6.45) is 0.779. The smallest absolute Gasteiger partial charge is 0.230 e. The van der Waals surface area contributed by atoms with Gasteiger partial charge in [-0.1, -0.05) is 18.2 Å². The van der Waals surface area contributed by atoms with Gasteiger partial charge in [0.05, 0.1) is 7.11 Å². The molecule has 1 atom stereocenters. The van der Waals surface area contributed by atoms with Crippen LogP contribution in [0.1, 0.15) is 12.5 Å². The first-order valence-corrected chi connectivity index (χ1v) is 7.18. The van der Waals surface area contributed by atoms with Gasteiger partial charge in [0.15, 0.2) is 0 Å². The first-order valence-electron chi connectivity index (χ1n) is 6.43. The van der Waals surface area contributed by atoms with E-state index in [2.05, 4.69) is 21.9 Å². The van der Waals surface area contributed by atoms with Crippen LogP contribution in [0.15, 0.2) is 24.3 Å². The summed E-state index contributed by atoms with van der Waals surface area (Å²) in [5.74, 6) is 1.31. The molecule has 21 heavy (non-hydrogen) atoms. The van der Waals surface area contributed by atoms with Crippen LogP contribution >= 0.6 is 23.2 Å². The Balaban J connectivity index is 2.17. The number of likely N-dealkylation sites (N-methyl/N-ethyl adjacent to an activating group) is 1. The molecule has 1 aromatic carbocycles. The quantitative estimate of drug-likeness (QED) is 0.844. The number of aromatic nitrogens is 3. The summed E-state index contributed by atoms with van der Waals surface area (Å²) in [5, 5.41) is 0.169. The second kappa shape index (κ2) is 6.91. The maximum atomic E-state index is 5.81. The number of halogens is 2. The largest absolute Gasteiger partial charge is 0.496 e. The molecule has 1 heterocycles. The van der Waals surface area contributed by atoms with E-state index in [4.69, 9.17) is 27.9 Å². The third kappa shape index (κ3) is 3.95. The van der Waals surface area contributed by atoms with Crippen molar-refractivity contribution < 1.29 is 4.74 Å². The molecular formula is C14H16Cl2N4O. The van der Waals surface area contributed by atoms with Crippen LogP contribution in [-0.4, -0.2) is 35.2 Å². The van der Waals surface area contributed by atoms with Crippen molar-refractivity contribution in [1.29, 1.82) is 0 Å². The summed E-state index contributed by atoms with van der Waals surface area (Å²) in [6.45, 7) is 2.07. The van der Waals surface area contributed by atoms with Gasteiger partial charge in [-0.25, -0.2) is 0 Å². The van der Waals surface area contributed by atoms with Gasteiger partial charge in [0.2, 0.25) is 16.5 Å². The molecule has 7 heteroatoms. The number of hydrogen-bond donors (Lipinski definition) is 0. The van der Waals surface area contributed by atoms with Crippen molar-refractivity contribution >= 4 is 29.2 Å². The molecule has 5 nitrogen and oxygen atoms in total. The van der Waals surface area contributed by atoms with E-state index in [0.717, 1.165) is 17.7 Å². The highest BCUT2D eigenvalue weighted by Gasteiger charge is 2.16. The number of nitrogens with zero attached hydrogens (tertiary/aromatic N) is 4. The molecule has 2 rings (SSSR count). The van der Waals surface area contributed by atoms with Crippen molar-refractivity contribution in [3.8, 4) is 5.75 Å². The zero-order valence-corrected chi connectivity index (χ0v) is 13.6. The maximum absolute atomic E-state index is 5.81. The fraction of sp³-hybridized carbons (Fsp3) is 0.357. The molecular weight excluding hydrogens is 311 g/mol. The Hall–Kier alpha value is -1.59. The lowest BCUT2D eigenvalue weighted by atomic mass is 10.1. The van der Waals surface area contributed by atoms with Gasteiger partial charge in [-0.2, -0.15) is 15.0 Å². The first kappa shape index (κ1) is 15.8. The van der Waals surface area contributed by atoms with Crippen LogP contribution in [0.4, 0.5) is 5.95 Å². The van der Waals surface area contributed by atoms with Crippen LogP contribution < -0.4 is 9.64 Å². The van der Waals surface area contributed by atoms with Gasteiger partial charge in [0.25, 0.3) is 0 Å². The molecule has 0 amide bonds. The van der Waals surface area contributed by atoms with Crippen molar-refractivity contribution in [2.24, 2.45) is 0 Å². The number of hydrogen-bond acceptors (Lipinski definition) is 5. The van der Waals surface area contributed by atoms with E-state index >= 15 is 0 Å². The summed E-state index contributed by atoms with van der Waals surface area (Å²) in [6, 6.07) is 8.05. The van der Waals surface area contributed by atoms with E-state index in [1.54, 1.807) is 7.11 Å². The van der Waals surface area contributed by atoms with Gasteiger partial charge in [0.1, 0.15) is 5.75 Å². The predicted octanol–water partition coefficient (Wildman–Crippen LogP) is 3.25. The lowest BCUT2D eigenvalue weighted by Gasteiger charge is -2.25. The van der Waals surface area contributed by atoms with Crippen molar-refractivity contribution in [1.82, 2.24) is 15.0 Å². The fourth-order valence-corrected chi connectivity index (χ4v) is 2.35. The molecule has 0 fully saturated rings. The minimum atomic E-state index is 0.0846. The van der Waals surface area contributed by atoms with Gasteiger partial charge in [-0.05, 0) is 48.2 Å². The van der Waals surface area contributed by atoms with Crippen LogP contribution in [0.25, 0.3) is 0 Å². The predicted molar refractivity (Wildman–Crippen MR) is 84.4 cm³/mol. The summed E-state index contributed by atoms with van der Waals surface area (Å²) < 4.78 is 5.37. The van der Waals surface area contributed by atoms with Crippen LogP contribution in [0.5, 0.6) is 5.75 Å². The summed E-state index contributed by atoms with van der Waals surface area (Å²) in [4.78, 5) is 13.8. The molecule has 2 aromatic rings. The van der Waals surface area contributed by atoms with Gasteiger partial charge in [-0.3, -0.25) is 0 Å². The number of benzene rings is 1. The van der Waals surface area contributed by atoms with Crippen molar-refractivity contribution in [3.63, 3.8) is 0 Å². The monoisotopic (exact) mass is 326 g/mol. The molecule has 0 radical (unpaired) electrons. The lowest BCUT2D eigenvalue weighted by molar-refractivity contribution is 0.408. The van der Waals surface area contributed by atoms with Gasteiger partial charge >= 0.3 is 0 Å². The van der Waals surface area contributed by atoms with E-state index in [9.17, 15) is 0 Å². The van der Waals surface area contributed by atoms with Crippen LogP contribution in [0.2, 0.25) is 10.6 Å². The van der Waals surface area contributed by atoms with Gasteiger partial charge in [0, 0.05) is 13.1 Å². The van der Waals surface area contributed by atoms with Crippen molar-refractivity contribution in [3.05, 3.63) is 40.4 Å². The topological polar surface area (TPSA) is 51.1 Å². The molecule has 0 saturated heterocycles.